The Morgan fingerprint density at radius 3 is 2.25 bits per heavy atom. The summed E-state index contributed by atoms with van der Waals surface area (Å²) < 4.78 is 16.8. The lowest BCUT2D eigenvalue weighted by molar-refractivity contribution is 0.0596. The zero-order valence-electron chi connectivity index (χ0n) is 11.0. The van der Waals surface area contributed by atoms with Crippen LogP contribution in [0.5, 0.6) is 0 Å². The number of piperidine rings is 1. The van der Waals surface area contributed by atoms with Crippen molar-refractivity contribution in [2.24, 2.45) is 0 Å². The van der Waals surface area contributed by atoms with E-state index in [0.29, 0.717) is 5.67 Å². The molecule has 0 amide bonds. The third-order valence-corrected chi connectivity index (χ3v) is 6.56. The molecule has 0 aromatic carbocycles. The first-order valence-electron chi connectivity index (χ1n) is 6.13. The minimum absolute atomic E-state index is 0.334. The monoisotopic (exact) mass is 247 g/mol. The van der Waals surface area contributed by atoms with Gasteiger partial charge in [-0.2, -0.15) is 0 Å². The van der Waals surface area contributed by atoms with E-state index < -0.39 is 8.80 Å². The number of hydrogen-bond donors (Lipinski definition) is 0. The van der Waals surface area contributed by atoms with Gasteiger partial charge in [0.15, 0.2) is 0 Å². The average molecular weight is 247 g/mol. The van der Waals surface area contributed by atoms with Crippen molar-refractivity contribution in [2.45, 2.75) is 38.3 Å². The highest BCUT2D eigenvalue weighted by atomic mass is 28.4. The van der Waals surface area contributed by atoms with Crippen molar-refractivity contribution in [3.8, 4) is 0 Å². The van der Waals surface area contributed by atoms with E-state index in [9.17, 15) is 0 Å². The molecule has 1 atom stereocenters. The Kier molecular flexibility index (Phi) is 5.92. The normalized spacial score (nSPS) is 23.6. The second kappa shape index (κ2) is 6.71. The van der Waals surface area contributed by atoms with Crippen molar-refractivity contribution >= 4 is 8.80 Å². The van der Waals surface area contributed by atoms with Crippen LogP contribution in [-0.2, 0) is 13.3 Å². The molecule has 1 rings (SSSR count). The molecule has 1 unspecified atom stereocenters. The zero-order chi connectivity index (χ0) is 12.0. The van der Waals surface area contributed by atoms with Crippen molar-refractivity contribution in [2.75, 3.05) is 34.4 Å². The Balaban J connectivity index is 2.78. The largest absolute Gasteiger partial charge is 0.518 e. The van der Waals surface area contributed by atoms with E-state index in [1.807, 2.05) is 0 Å². The minimum Gasteiger partial charge on any atom is -0.376 e. The van der Waals surface area contributed by atoms with E-state index in [0.717, 1.165) is 25.9 Å². The van der Waals surface area contributed by atoms with Gasteiger partial charge in [0.05, 0.1) is 5.67 Å². The SMILES string of the molecule is CCCN1CCCCC1[Si](OC)(OC)OC. The second-order valence-corrected chi connectivity index (χ2v) is 7.36. The molecule has 0 spiro atoms. The van der Waals surface area contributed by atoms with Crippen LogP contribution in [0.25, 0.3) is 0 Å². The smallest absolute Gasteiger partial charge is 0.376 e. The summed E-state index contributed by atoms with van der Waals surface area (Å²) in [6.07, 6.45) is 4.81. The lowest BCUT2D eigenvalue weighted by Crippen LogP contribution is -2.62. The Bertz CT molecular complexity index is 189. The fourth-order valence-corrected chi connectivity index (χ4v) is 5.18. The van der Waals surface area contributed by atoms with Crippen LogP contribution in [0.2, 0.25) is 0 Å². The summed E-state index contributed by atoms with van der Waals surface area (Å²) in [5.74, 6) is 0. The number of likely N-dealkylation sites (tertiary alicyclic amines) is 1. The molecule has 1 aliphatic heterocycles. The number of hydrogen-bond acceptors (Lipinski definition) is 4. The molecule has 0 radical (unpaired) electrons. The third kappa shape index (κ3) is 2.84. The summed E-state index contributed by atoms with van der Waals surface area (Å²) in [4.78, 5) is 2.48. The molecule has 1 heterocycles. The average Bonchev–Trinajstić information content (AvgIpc) is 2.34. The Hall–Kier alpha value is 0.0569. The lowest BCUT2D eigenvalue weighted by Gasteiger charge is -2.42. The quantitative estimate of drug-likeness (QED) is 0.668. The van der Waals surface area contributed by atoms with E-state index >= 15 is 0 Å². The van der Waals surface area contributed by atoms with Crippen LogP contribution in [0, 0.1) is 0 Å². The molecule has 0 bridgehead atoms. The van der Waals surface area contributed by atoms with Gasteiger partial charge in [-0.25, -0.2) is 0 Å². The molecule has 5 heteroatoms. The summed E-state index contributed by atoms with van der Waals surface area (Å²) in [6.45, 7) is 4.46. The molecule has 4 nitrogen and oxygen atoms in total. The van der Waals surface area contributed by atoms with Gasteiger partial charge < -0.3 is 13.3 Å². The first kappa shape index (κ1) is 14.1. The maximum absolute atomic E-state index is 5.61. The summed E-state index contributed by atoms with van der Waals surface area (Å²) in [5, 5.41) is 0. The van der Waals surface area contributed by atoms with E-state index in [1.165, 1.54) is 12.8 Å². The highest BCUT2D eigenvalue weighted by molar-refractivity contribution is 6.62. The summed E-state index contributed by atoms with van der Waals surface area (Å²) in [7, 11) is 2.63. The van der Waals surface area contributed by atoms with Gasteiger partial charge in [0.25, 0.3) is 0 Å². The molecular formula is C11H25NO3Si. The van der Waals surface area contributed by atoms with Crippen LogP contribution in [-0.4, -0.2) is 53.8 Å². The standard InChI is InChI=1S/C11H25NO3Si/c1-5-9-12-10-7-6-8-11(12)16(13-2,14-3)15-4/h11H,5-10H2,1-4H3. The van der Waals surface area contributed by atoms with Crippen molar-refractivity contribution in [1.82, 2.24) is 4.90 Å². The van der Waals surface area contributed by atoms with Gasteiger partial charge in [-0.05, 0) is 32.4 Å². The molecule has 96 valence electrons. The maximum Gasteiger partial charge on any atom is 0.518 e. The third-order valence-electron chi connectivity index (χ3n) is 3.39. The van der Waals surface area contributed by atoms with Gasteiger partial charge in [0.2, 0.25) is 0 Å². The van der Waals surface area contributed by atoms with E-state index in [2.05, 4.69) is 11.8 Å². The minimum atomic E-state index is -2.49. The topological polar surface area (TPSA) is 30.9 Å². The van der Waals surface area contributed by atoms with Gasteiger partial charge in [0, 0.05) is 21.3 Å². The van der Waals surface area contributed by atoms with Crippen LogP contribution < -0.4 is 0 Å². The molecule has 0 aliphatic carbocycles. The van der Waals surface area contributed by atoms with Gasteiger partial charge in [-0.1, -0.05) is 13.3 Å². The summed E-state index contributed by atoms with van der Waals surface area (Å²) >= 11 is 0. The van der Waals surface area contributed by atoms with Crippen LogP contribution in [0.4, 0.5) is 0 Å². The molecular weight excluding hydrogens is 222 g/mol. The molecule has 0 saturated carbocycles. The maximum atomic E-state index is 5.61. The predicted octanol–water partition coefficient (Wildman–Crippen LogP) is 1.67. The molecule has 0 N–H and O–H groups in total. The Morgan fingerprint density at radius 2 is 1.75 bits per heavy atom. The fraction of sp³-hybridized carbons (Fsp3) is 1.00. The molecule has 16 heavy (non-hydrogen) atoms. The fourth-order valence-electron chi connectivity index (χ4n) is 2.60. The van der Waals surface area contributed by atoms with Gasteiger partial charge in [0.1, 0.15) is 0 Å². The van der Waals surface area contributed by atoms with E-state index in [1.54, 1.807) is 21.3 Å². The second-order valence-electron chi connectivity index (χ2n) is 4.26. The number of rotatable bonds is 6. The van der Waals surface area contributed by atoms with Crippen LogP contribution in [0.3, 0.4) is 0 Å². The highest BCUT2D eigenvalue weighted by Crippen LogP contribution is 2.26. The molecule has 1 saturated heterocycles. The zero-order valence-corrected chi connectivity index (χ0v) is 12.0. The van der Waals surface area contributed by atoms with Crippen LogP contribution >= 0.6 is 0 Å². The molecule has 0 aromatic rings. The first-order chi connectivity index (χ1) is 7.74. The van der Waals surface area contributed by atoms with E-state index in [-0.39, 0.29) is 0 Å². The van der Waals surface area contributed by atoms with Crippen LogP contribution in [0.1, 0.15) is 32.6 Å². The summed E-state index contributed by atoms with van der Waals surface area (Å²) in [6, 6.07) is 0. The molecule has 0 aromatic heterocycles. The van der Waals surface area contributed by atoms with Crippen molar-refractivity contribution in [3.05, 3.63) is 0 Å². The van der Waals surface area contributed by atoms with Crippen LogP contribution in [0.15, 0.2) is 0 Å². The van der Waals surface area contributed by atoms with Crippen molar-refractivity contribution < 1.29 is 13.3 Å². The van der Waals surface area contributed by atoms with Gasteiger partial charge >= 0.3 is 8.80 Å². The van der Waals surface area contributed by atoms with Crippen molar-refractivity contribution in [1.29, 1.82) is 0 Å². The Labute approximate surface area is 100 Å². The van der Waals surface area contributed by atoms with Crippen molar-refractivity contribution in [3.63, 3.8) is 0 Å². The van der Waals surface area contributed by atoms with E-state index in [4.69, 9.17) is 13.3 Å². The predicted molar refractivity (Wildman–Crippen MR) is 66.3 cm³/mol. The highest BCUT2D eigenvalue weighted by Gasteiger charge is 2.50. The number of nitrogens with zero attached hydrogens (tertiary/aromatic N) is 1. The summed E-state index contributed by atoms with van der Waals surface area (Å²) in [5.41, 5.74) is 0.334. The molecule has 1 aliphatic rings. The Morgan fingerprint density at radius 1 is 1.12 bits per heavy atom. The lowest BCUT2D eigenvalue weighted by atomic mass is 10.1. The molecule has 1 fully saturated rings. The van der Waals surface area contributed by atoms with Gasteiger partial charge in [-0.3, -0.25) is 4.90 Å². The first-order valence-corrected chi connectivity index (χ1v) is 7.93. The van der Waals surface area contributed by atoms with Gasteiger partial charge in [-0.15, -0.1) is 0 Å².